The molecule has 2 atom stereocenters. The highest BCUT2D eigenvalue weighted by molar-refractivity contribution is 6.32. The fourth-order valence-electron chi connectivity index (χ4n) is 4.20. The highest BCUT2D eigenvalue weighted by Gasteiger charge is 2.38. The van der Waals surface area contributed by atoms with Crippen LogP contribution >= 0.6 is 11.6 Å². The lowest BCUT2D eigenvalue weighted by molar-refractivity contribution is 0.0290. The average molecular weight is 500 g/mol. The van der Waals surface area contributed by atoms with Gasteiger partial charge in [0.2, 0.25) is 0 Å². The number of halogens is 1. The van der Waals surface area contributed by atoms with Gasteiger partial charge in [0.1, 0.15) is 11.4 Å². The van der Waals surface area contributed by atoms with E-state index in [2.05, 4.69) is 20.7 Å². The predicted molar refractivity (Wildman–Crippen MR) is 125 cm³/mol. The third-order valence-electron chi connectivity index (χ3n) is 6.22. The molecule has 184 valence electrons. The molecule has 0 spiro atoms. The fourth-order valence-corrected chi connectivity index (χ4v) is 4.37. The van der Waals surface area contributed by atoms with Crippen LogP contribution in [0, 0.1) is 6.92 Å². The fraction of sp³-hybridized carbons (Fsp3) is 0.435. The van der Waals surface area contributed by atoms with Gasteiger partial charge in [0.25, 0.3) is 11.8 Å². The van der Waals surface area contributed by atoms with Gasteiger partial charge in [-0.25, -0.2) is 0 Å². The third kappa shape index (κ3) is 5.01. The van der Waals surface area contributed by atoms with Crippen LogP contribution in [-0.4, -0.2) is 73.3 Å². The molecule has 1 N–H and O–H groups in total. The largest absolute Gasteiger partial charge is 0.492 e. The summed E-state index contributed by atoms with van der Waals surface area (Å²) in [7, 11) is 1.79. The summed E-state index contributed by atoms with van der Waals surface area (Å²) in [5.74, 6) is -0.0727. The molecule has 2 aliphatic heterocycles. The van der Waals surface area contributed by atoms with Crippen molar-refractivity contribution in [2.24, 2.45) is 7.05 Å². The van der Waals surface area contributed by atoms with Crippen LogP contribution in [0.2, 0.25) is 5.02 Å². The topological polar surface area (TPSA) is 116 Å². The molecule has 5 rings (SSSR count). The highest BCUT2D eigenvalue weighted by Crippen LogP contribution is 2.26. The van der Waals surface area contributed by atoms with Crippen LogP contribution in [-0.2, 0) is 24.9 Å². The molecule has 2 amide bonds. The lowest BCUT2D eigenvalue weighted by Crippen LogP contribution is -2.44. The van der Waals surface area contributed by atoms with Crippen LogP contribution in [0.3, 0.4) is 0 Å². The van der Waals surface area contributed by atoms with Crippen LogP contribution < -0.4 is 10.1 Å². The molecule has 4 bridgehead atoms. The number of hydrogen-bond donors (Lipinski definition) is 1. The van der Waals surface area contributed by atoms with Gasteiger partial charge in [-0.3, -0.25) is 19.0 Å². The Kier molecular flexibility index (Phi) is 6.44. The maximum absolute atomic E-state index is 13.1. The van der Waals surface area contributed by atoms with Gasteiger partial charge < -0.3 is 19.7 Å². The van der Waals surface area contributed by atoms with Crippen LogP contribution in [0.1, 0.15) is 38.7 Å². The first-order valence-corrected chi connectivity index (χ1v) is 11.8. The van der Waals surface area contributed by atoms with Crippen LogP contribution in [0.5, 0.6) is 5.75 Å². The summed E-state index contributed by atoms with van der Waals surface area (Å²) >= 11 is 6.27. The predicted octanol–water partition coefficient (Wildman–Crippen LogP) is 1.60. The van der Waals surface area contributed by atoms with Gasteiger partial charge in [-0.15, -0.1) is 5.10 Å². The van der Waals surface area contributed by atoms with Crippen molar-refractivity contribution < 1.29 is 19.1 Å². The van der Waals surface area contributed by atoms with E-state index in [0.29, 0.717) is 53.8 Å². The van der Waals surface area contributed by atoms with E-state index in [1.54, 1.807) is 45.6 Å². The van der Waals surface area contributed by atoms with Gasteiger partial charge in [-0.1, -0.05) is 16.8 Å². The second-order valence-corrected chi connectivity index (χ2v) is 9.16. The molecule has 35 heavy (non-hydrogen) atoms. The molecule has 0 saturated carbocycles. The summed E-state index contributed by atoms with van der Waals surface area (Å²) in [6.45, 7) is 3.71. The third-order valence-corrected chi connectivity index (χ3v) is 6.53. The second-order valence-electron chi connectivity index (χ2n) is 8.75. The molecule has 0 aliphatic carbocycles. The zero-order valence-corrected chi connectivity index (χ0v) is 20.2. The SMILES string of the molecule is Cc1cc(C(=O)N2C[C@@H]3NC(=O)c4ccc(Cl)c(c4)OCCCn4cc(nn4)CO[C@H]3C2)nn1C. The zero-order valence-electron chi connectivity index (χ0n) is 19.5. The smallest absolute Gasteiger partial charge is 0.274 e. The minimum Gasteiger partial charge on any atom is -0.492 e. The molecule has 12 heteroatoms. The molecule has 1 saturated heterocycles. The number of fused-ring (bicyclic) bond motifs is 5. The maximum Gasteiger partial charge on any atom is 0.274 e. The first-order chi connectivity index (χ1) is 16.9. The molecular formula is C23H26ClN7O4. The van der Waals surface area contributed by atoms with E-state index in [1.807, 2.05) is 13.1 Å². The van der Waals surface area contributed by atoms with Crippen LogP contribution in [0.25, 0.3) is 0 Å². The summed E-state index contributed by atoms with van der Waals surface area (Å²) in [4.78, 5) is 27.9. The summed E-state index contributed by atoms with van der Waals surface area (Å²) < 4.78 is 15.3. The Labute approximate surface area is 206 Å². The number of amides is 2. The Bertz CT molecular complexity index is 1240. The molecule has 0 unspecified atom stereocenters. The van der Waals surface area contributed by atoms with E-state index >= 15 is 0 Å². The monoisotopic (exact) mass is 499 g/mol. The van der Waals surface area contributed by atoms with E-state index in [1.165, 1.54) is 0 Å². The van der Waals surface area contributed by atoms with Gasteiger partial charge >= 0.3 is 0 Å². The maximum atomic E-state index is 13.1. The summed E-state index contributed by atoms with van der Waals surface area (Å²) in [6, 6.07) is 6.23. The summed E-state index contributed by atoms with van der Waals surface area (Å²) in [6.07, 6.45) is 2.07. The zero-order chi connectivity index (χ0) is 24.5. The number of hydrogen-bond acceptors (Lipinski definition) is 7. The molecule has 4 heterocycles. The number of nitrogens with one attached hydrogen (secondary N) is 1. The number of rotatable bonds is 1. The molecule has 2 aromatic heterocycles. The Morgan fingerprint density at radius 1 is 1.26 bits per heavy atom. The van der Waals surface area contributed by atoms with E-state index < -0.39 is 12.1 Å². The van der Waals surface area contributed by atoms with Gasteiger partial charge in [0.15, 0.2) is 5.69 Å². The van der Waals surface area contributed by atoms with Crippen LogP contribution in [0.4, 0.5) is 0 Å². The number of ether oxygens (including phenoxy) is 2. The number of nitrogens with zero attached hydrogens (tertiary/aromatic N) is 6. The Hall–Kier alpha value is -3.44. The highest BCUT2D eigenvalue weighted by atomic mass is 35.5. The van der Waals surface area contributed by atoms with Gasteiger partial charge in [0, 0.05) is 44.4 Å². The molecule has 3 aromatic rings. The lowest BCUT2D eigenvalue weighted by atomic mass is 10.1. The molecule has 2 aliphatic rings. The summed E-state index contributed by atoms with van der Waals surface area (Å²) in [5.41, 5.74) is 2.32. The summed E-state index contributed by atoms with van der Waals surface area (Å²) in [5, 5.41) is 16.1. The number of likely N-dealkylation sites (tertiary alicyclic amines) is 1. The van der Waals surface area contributed by atoms with Crippen molar-refractivity contribution in [3.63, 3.8) is 0 Å². The number of aryl methyl sites for hydroxylation is 3. The van der Waals surface area contributed by atoms with Crippen molar-refractivity contribution in [2.75, 3.05) is 19.7 Å². The number of aromatic nitrogens is 5. The Morgan fingerprint density at radius 3 is 2.91 bits per heavy atom. The average Bonchev–Trinajstić information content (AvgIpc) is 3.54. The number of carbonyl (C=O) groups excluding carboxylic acids is 2. The van der Waals surface area contributed by atoms with E-state index in [9.17, 15) is 9.59 Å². The molecule has 0 radical (unpaired) electrons. The van der Waals surface area contributed by atoms with Crippen LogP contribution in [0.15, 0.2) is 30.5 Å². The normalized spacial score (nSPS) is 20.8. The quantitative estimate of drug-likeness (QED) is 0.540. The van der Waals surface area contributed by atoms with Gasteiger partial charge in [0.05, 0.1) is 36.6 Å². The van der Waals surface area contributed by atoms with Gasteiger partial charge in [-0.05, 0) is 31.2 Å². The standard InChI is InChI=1S/C23H26ClN7O4/c1-14-8-18(27-29(14)2)23(33)30-11-19-21(12-30)35-13-16-10-31(28-26-16)6-3-7-34-20-9-15(22(32)25-19)4-5-17(20)24/h4-5,8-10,19,21H,3,6-7,11-13H2,1-2H3,(H,25,32)/t19-,21-/m0/s1. The van der Waals surface area contributed by atoms with E-state index in [0.717, 1.165) is 5.69 Å². The van der Waals surface area contributed by atoms with E-state index in [-0.39, 0.29) is 25.0 Å². The minimum atomic E-state index is -0.436. The second kappa shape index (κ2) is 9.67. The Morgan fingerprint density at radius 2 is 2.11 bits per heavy atom. The molecule has 1 fully saturated rings. The molecule has 11 nitrogen and oxygen atoms in total. The Balaban J connectivity index is 1.40. The van der Waals surface area contributed by atoms with E-state index in [4.69, 9.17) is 21.1 Å². The number of carbonyl (C=O) groups is 2. The minimum absolute atomic E-state index is 0.210. The van der Waals surface area contributed by atoms with Crippen molar-refractivity contribution >= 4 is 23.4 Å². The van der Waals surface area contributed by atoms with Crippen molar-refractivity contribution in [1.82, 2.24) is 35.0 Å². The lowest BCUT2D eigenvalue weighted by Gasteiger charge is -2.20. The van der Waals surface area contributed by atoms with Gasteiger partial charge in [-0.2, -0.15) is 5.10 Å². The first kappa shape index (κ1) is 23.3. The van der Waals surface area contributed by atoms with Crippen molar-refractivity contribution in [3.05, 3.63) is 58.1 Å². The van der Waals surface area contributed by atoms with Crippen molar-refractivity contribution in [3.8, 4) is 5.75 Å². The molecular weight excluding hydrogens is 474 g/mol. The number of benzene rings is 1. The van der Waals surface area contributed by atoms with Crippen molar-refractivity contribution in [1.29, 1.82) is 0 Å². The first-order valence-electron chi connectivity index (χ1n) is 11.4. The van der Waals surface area contributed by atoms with Crippen molar-refractivity contribution in [2.45, 2.75) is 38.6 Å². The molecule has 1 aromatic carbocycles.